The number of amides is 1. The Morgan fingerprint density at radius 1 is 1.09 bits per heavy atom. The quantitative estimate of drug-likeness (QED) is 0.581. The zero-order valence-electron chi connectivity index (χ0n) is 15.3. The number of hydrogen-bond donors (Lipinski definition) is 0. The molecular formula is C19H33N3O. The van der Waals surface area contributed by atoms with Gasteiger partial charge < -0.3 is 0 Å². The van der Waals surface area contributed by atoms with Crippen LogP contribution in [0.3, 0.4) is 0 Å². The van der Waals surface area contributed by atoms with E-state index in [0.717, 1.165) is 57.1 Å². The zero-order chi connectivity index (χ0) is 17.1. The average Bonchev–Trinajstić information content (AvgIpc) is 2.57. The van der Waals surface area contributed by atoms with Gasteiger partial charge in [0.15, 0.2) is 0 Å². The number of rotatable bonds is 11. The number of anilines is 1. The molecule has 1 amide bonds. The van der Waals surface area contributed by atoms with E-state index in [-0.39, 0.29) is 11.9 Å². The van der Waals surface area contributed by atoms with E-state index in [9.17, 15) is 4.79 Å². The van der Waals surface area contributed by atoms with Crippen LogP contribution >= 0.6 is 0 Å². The maximum absolute atomic E-state index is 12.8. The fourth-order valence-electron chi connectivity index (χ4n) is 2.79. The molecule has 23 heavy (non-hydrogen) atoms. The first-order valence-electron chi connectivity index (χ1n) is 9.31. The first kappa shape index (κ1) is 19.6. The van der Waals surface area contributed by atoms with Crippen molar-refractivity contribution in [3.63, 3.8) is 0 Å². The minimum absolute atomic E-state index is 0.165. The molecule has 1 aromatic heterocycles. The molecule has 0 unspecified atom stereocenters. The lowest BCUT2D eigenvalue weighted by Gasteiger charge is -2.30. The Labute approximate surface area is 141 Å². The van der Waals surface area contributed by atoms with Gasteiger partial charge in [0.1, 0.15) is 0 Å². The second kappa shape index (κ2) is 11.1. The predicted octanol–water partition coefficient (Wildman–Crippen LogP) is 4.92. The molecule has 0 aromatic carbocycles. The van der Waals surface area contributed by atoms with Gasteiger partial charge in [-0.25, -0.2) is 9.97 Å². The zero-order valence-corrected chi connectivity index (χ0v) is 15.3. The lowest BCUT2D eigenvalue weighted by Crippen LogP contribution is -2.41. The minimum atomic E-state index is 0.165. The van der Waals surface area contributed by atoms with Crippen LogP contribution in [0.2, 0.25) is 0 Å². The minimum Gasteiger partial charge on any atom is -0.278 e. The molecule has 0 spiro atoms. The summed E-state index contributed by atoms with van der Waals surface area (Å²) in [5, 5.41) is 0. The van der Waals surface area contributed by atoms with Crippen molar-refractivity contribution in [3.8, 4) is 0 Å². The summed E-state index contributed by atoms with van der Waals surface area (Å²) in [4.78, 5) is 23.7. The standard InChI is InChI=1S/C19H33N3O/c1-5-9-12-17(13-10-6-2)22(18(23)11-7-3)19-20-15-14-16(8-4)21-19/h14-15,17H,5-13H2,1-4H3. The summed E-state index contributed by atoms with van der Waals surface area (Å²) in [6, 6.07) is 2.15. The van der Waals surface area contributed by atoms with Crippen LogP contribution in [0.5, 0.6) is 0 Å². The number of nitrogens with zero attached hydrogens (tertiary/aromatic N) is 3. The summed E-state index contributed by atoms with van der Waals surface area (Å²) >= 11 is 0. The van der Waals surface area contributed by atoms with Gasteiger partial charge in [-0.1, -0.05) is 53.4 Å². The molecule has 1 aromatic rings. The number of aromatic nitrogens is 2. The van der Waals surface area contributed by atoms with Crippen molar-refractivity contribution in [1.29, 1.82) is 0 Å². The summed E-state index contributed by atoms with van der Waals surface area (Å²) in [5.41, 5.74) is 0.994. The molecule has 0 radical (unpaired) electrons. The molecule has 0 bridgehead atoms. The van der Waals surface area contributed by atoms with Crippen LogP contribution in [0, 0.1) is 0 Å². The molecule has 0 saturated heterocycles. The average molecular weight is 319 g/mol. The molecule has 1 rings (SSSR count). The van der Waals surface area contributed by atoms with E-state index >= 15 is 0 Å². The maximum Gasteiger partial charge on any atom is 0.232 e. The van der Waals surface area contributed by atoms with Crippen LogP contribution in [0.25, 0.3) is 0 Å². The summed E-state index contributed by atoms with van der Waals surface area (Å²) in [5.74, 6) is 0.762. The van der Waals surface area contributed by atoms with Crippen molar-refractivity contribution in [2.75, 3.05) is 4.90 Å². The second-order valence-corrected chi connectivity index (χ2v) is 6.15. The lowest BCUT2D eigenvalue weighted by molar-refractivity contribution is -0.119. The Hall–Kier alpha value is -1.45. The first-order valence-corrected chi connectivity index (χ1v) is 9.31. The van der Waals surface area contributed by atoms with Crippen LogP contribution in [0.15, 0.2) is 12.3 Å². The van der Waals surface area contributed by atoms with Gasteiger partial charge in [-0.2, -0.15) is 0 Å². The van der Waals surface area contributed by atoms with Crippen molar-refractivity contribution in [2.24, 2.45) is 0 Å². The Bertz CT molecular complexity index is 454. The van der Waals surface area contributed by atoms with Gasteiger partial charge in [0, 0.05) is 24.4 Å². The number of aryl methyl sites for hydroxylation is 1. The summed E-state index contributed by atoms with van der Waals surface area (Å²) in [7, 11) is 0. The third-order valence-corrected chi connectivity index (χ3v) is 4.16. The SMILES string of the molecule is CCCCC(CCCC)N(C(=O)CCC)c1nccc(CC)n1. The van der Waals surface area contributed by atoms with Gasteiger partial charge in [-0.05, 0) is 31.7 Å². The lowest BCUT2D eigenvalue weighted by atomic mass is 10.0. The van der Waals surface area contributed by atoms with Crippen LogP contribution in [0.4, 0.5) is 5.95 Å². The fraction of sp³-hybridized carbons (Fsp3) is 0.737. The molecular weight excluding hydrogens is 286 g/mol. The molecule has 0 aliphatic carbocycles. The van der Waals surface area contributed by atoms with E-state index in [1.165, 1.54) is 0 Å². The molecule has 0 fully saturated rings. The first-order chi connectivity index (χ1) is 11.2. The normalized spacial score (nSPS) is 11.0. The Balaban J connectivity index is 3.10. The molecule has 0 N–H and O–H groups in total. The maximum atomic E-state index is 12.8. The van der Waals surface area contributed by atoms with E-state index in [1.54, 1.807) is 6.20 Å². The van der Waals surface area contributed by atoms with E-state index in [0.29, 0.717) is 12.4 Å². The van der Waals surface area contributed by atoms with Gasteiger partial charge in [0.25, 0.3) is 0 Å². The highest BCUT2D eigenvalue weighted by Crippen LogP contribution is 2.22. The van der Waals surface area contributed by atoms with E-state index < -0.39 is 0 Å². The molecule has 0 saturated carbocycles. The summed E-state index contributed by atoms with van der Waals surface area (Å²) in [6.45, 7) is 8.52. The van der Waals surface area contributed by atoms with Gasteiger partial charge in [0.2, 0.25) is 11.9 Å². The highest BCUT2D eigenvalue weighted by Gasteiger charge is 2.26. The van der Waals surface area contributed by atoms with Crippen molar-refractivity contribution < 1.29 is 4.79 Å². The number of unbranched alkanes of at least 4 members (excludes halogenated alkanes) is 2. The highest BCUT2D eigenvalue weighted by atomic mass is 16.2. The van der Waals surface area contributed by atoms with E-state index in [1.807, 2.05) is 17.9 Å². The monoisotopic (exact) mass is 319 g/mol. The van der Waals surface area contributed by atoms with Crippen molar-refractivity contribution in [1.82, 2.24) is 9.97 Å². The predicted molar refractivity (Wildman–Crippen MR) is 96.6 cm³/mol. The van der Waals surface area contributed by atoms with Crippen LogP contribution in [0.1, 0.15) is 84.8 Å². The van der Waals surface area contributed by atoms with Crippen LogP contribution in [-0.2, 0) is 11.2 Å². The Kier molecular flexibility index (Phi) is 9.49. The Morgan fingerprint density at radius 3 is 2.26 bits per heavy atom. The molecule has 4 nitrogen and oxygen atoms in total. The van der Waals surface area contributed by atoms with Gasteiger partial charge >= 0.3 is 0 Å². The largest absolute Gasteiger partial charge is 0.278 e. The van der Waals surface area contributed by atoms with Gasteiger partial charge in [-0.15, -0.1) is 0 Å². The third kappa shape index (κ3) is 6.28. The van der Waals surface area contributed by atoms with Crippen molar-refractivity contribution in [2.45, 2.75) is 91.5 Å². The van der Waals surface area contributed by atoms with Crippen LogP contribution < -0.4 is 4.90 Å². The summed E-state index contributed by atoms with van der Waals surface area (Å²) < 4.78 is 0. The molecule has 0 atom stereocenters. The molecule has 130 valence electrons. The fourth-order valence-corrected chi connectivity index (χ4v) is 2.79. The molecule has 0 aliphatic rings. The van der Waals surface area contributed by atoms with E-state index in [2.05, 4.69) is 30.7 Å². The third-order valence-electron chi connectivity index (χ3n) is 4.16. The smallest absolute Gasteiger partial charge is 0.232 e. The Morgan fingerprint density at radius 2 is 1.74 bits per heavy atom. The molecule has 4 heteroatoms. The molecule has 0 aliphatic heterocycles. The van der Waals surface area contributed by atoms with Gasteiger partial charge in [0.05, 0.1) is 0 Å². The summed E-state index contributed by atoms with van der Waals surface area (Å²) in [6.07, 6.45) is 10.7. The second-order valence-electron chi connectivity index (χ2n) is 6.15. The highest BCUT2D eigenvalue weighted by molar-refractivity contribution is 5.92. The van der Waals surface area contributed by atoms with Crippen molar-refractivity contribution in [3.05, 3.63) is 18.0 Å². The number of carbonyl (C=O) groups is 1. The van der Waals surface area contributed by atoms with E-state index in [4.69, 9.17) is 0 Å². The molecule has 1 heterocycles. The van der Waals surface area contributed by atoms with Crippen molar-refractivity contribution >= 4 is 11.9 Å². The van der Waals surface area contributed by atoms with Crippen LogP contribution in [-0.4, -0.2) is 21.9 Å². The topological polar surface area (TPSA) is 46.1 Å². The number of hydrogen-bond acceptors (Lipinski definition) is 3. The van der Waals surface area contributed by atoms with Gasteiger partial charge in [-0.3, -0.25) is 9.69 Å². The number of carbonyl (C=O) groups excluding carboxylic acids is 1.